The van der Waals surface area contributed by atoms with Crippen LogP contribution < -0.4 is 5.73 Å². The number of hydrogen-bond donors (Lipinski definition) is 1. The highest BCUT2D eigenvalue weighted by atomic mass is 16.5. The molecule has 1 heterocycles. The minimum Gasteiger partial charge on any atom is -0.397 e. The second-order valence-electron chi connectivity index (χ2n) is 4.07. The smallest absolute Gasteiger partial charge is 0.228 e. The summed E-state index contributed by atoms with van der Waals surface area (Å²) in [7, 11) is 3.39. The lowest BCUT2D eigenvalue weighted by Crippen LogP contribution is -2.38. The molecule has 0 saturated heterocycles. The third kappa shape index (κ3) is 4.03. The molecule has 0 aliphatic rings. The molecule has 2 N–H and O–H groups in total. The number of nitrogens with two attached hydrogens (primary N) is 1. The second kappa shape index (κ2) is 6.20. The third-order valence-corrected chi connectivity index (χ3v) is 2.64. The Kier molecular flexibility index (Phi) is 4.90. The van der Waals surface area contributed by atoms with Crippen LogP contribution in [-0.4, -0.2) is 42.6 Å². The van der Waals surface area contributed by atoms with Crippen molar-refractivity contribution in [1.82, 2.24) is 9.88 Å². The van der Waals surface area contributed by atoms with Gasteiger partial charge < -0.3 is 15.4 Å². The van der Waals surface area contributed by atoms with Gasteiger partial charge in [0, 0.05) is 19.9 Å². The number of likely N-dealkylation sites (N-methyl/N-ethyl adjacent to an activating group) is 1. The van der Waals surface area contributed by atoms with Gasteiger partial charge in [0.05, 0.1) is 31.0 Å². The number of rotatable bonds is 5. The largest absolute Gasteiger partial charge is 0.397 e. The van der Waals surface area contributed by atoms with Crippen LogP contribution in [0.2, 0.25) is 0 Å². The van der Waals surface area contributed by atoms with Gasteiger partial charge in [-0.05, 0) is 19.1 Å². The molecule has 0 saturated carbocycles. The summed E-state index contributed by atoms with van der Waals surface area (Å²) in [5, 5.41) is 0. The molecule has 94 valence electrons. The highest BCUT2D eigenvalue weighted by molar-refractivity contribution is 5.78. The molecule has 0 aliphatic heterocycles. The number of pyridine rings is 1. The number of ether oxygens (including phenoxy) is 1. The maximum absolute atomic E-state index is 11.9. The summed E-state index contributed by atoms with van der Waals surface area (Å²) in [4.78, 5) is 17.7. The Morgan fingerprint density at radius 1 is 1.59 bits per heavy atom. The van der Waals surface area contributed by atoms with Crippen LogP contribution in [0, 0.1) is 0 Å². The summed E-state index contributed by atoms with van der Waals surface area (Å²) < 4.78 is 5.01. The molecule has 1 rings (SSSR count). The van der Waals surface area contributed by atoms with Gasteiger partial charge in [-0.25, -0.2) is 0 Å². The van der Waals surface area contributed by atoms with Crippen LogP contribution >= 0.6 is 0 Å². The van der Waals surface area contributed by atoms with Crippen molar-refractivity contribution in [1.29, 1.82) is 0 Å². The first kappa shape index (κ1) is 13.4. The van der Waals surface area contributed by atoms with Crippen LogP contribution in [0.5, 0.6) is 0 Å². The minimum absolute atomic E-state index is 0.0202. The lowest BCUT2D eigenvalue weighted by molar-refractivity contribution is -0.131. The van der Waals surface area contributed by atoms with Crippen LogP contribution in [0.25, 0.3) is 0 Å². The Labute approximate surface area is 102 Å². The summed E-state index contributed by atoms with van der Waals surface area (Å²) in [6.45, 7) is 2.47. The molecule has 0 bridgehead atoms. The van der Waals surface area contributed by atoms with E-state index >= 15 is 0 Å². The van der Waals surface area contributed by atoms with Gasteiger partial charge in [-0.15, -0.1) is 0 Å². The Bertz CT molecular complexity index is 365. The number of methoxy groups -OCH3 is 1. The fourth-order valence-corrected chi connectivity index (χ4v) is 1.42. The summed E-state index contributed by atoms with van der Waals surface area (Å²) >= 11 is 0. The highest BCUT2D eigenvalue weighted by Gasteiger charge is 2.16. The van der Waals surface area contributed by atoms with Gasteiger partial charge in [0.25, 0.3) is 0 Å². The third-order valence-electron chi connectivity index (χ3n) is 2.64. The van der Waals surface area contributed by atoms with E-state index in [1.807, 2.05) is 6.92 Å². The molecule has 17 heavy (non-hydrogen) atoms. The van der Waals surface area contributed by atoms with E-state index in [-0.39, 0.29) is 18.4 Å². The molecule has 5 nitrogen and oxygen atoms in total. The molecule has 1 unspecified atom stereocenters. The summed E-state index contributed by atoms with van der Waals surface area (Å²) in [5.74, 6) is 0.0202. The number of nitrogen functional groups attached to an aromatic ring is 1. The standard InChI is InChI=1S/C12H19N3O2/c1-9(8-17-3)15(2)12(16)6-11-5-4-10(13)7-14-11/h4-5,7,9H,6,8,13H2,1-3H3. The summed E-state index contributed by atoms with van der Waals surface area (Å²) in [6.07, 6.45) is 1.84. The van der Waals surface area contributed by atoms with Crippen molar-refractivity contribution in [3.05, 3.63) is 24.0 Å². The van der Waals surface area contributed by atoms with Crippen molar-refractivity contribution < 1.29 is 9.53 Å². The second-order valence-corrected chi connectivity index (χ2v) is 4.07. The zero-order valence-electron chi connectivity index (χ0n) is 10.5. The fourth-order valence-electron chi connectivity index (χ4n) is 1.42. The van der Waals surface area contributed by atoms with Crippen LogP contribution in [0.4, 0.5) is 5.69 Å². The van der Waals surface area contributed by atoms with Crippen molar-refractivity contribution in [2.45, 2.75) is 19.4 Å². The van der Waals surface area contributed by atoms with Crippen LogP contribution in [0.3, 0.4) is 0 Å². The van der Waals surface area contributed by atoms with E-state index in [1.165, 1.54) is 0 Å². The van der Waals surface area contributed by atoms with Gasteiger partial charge in [0.1, 0.15) is 0 Å². The Balaban J connectivity index is 2.56. The molecule has 0 fully saturated rings. The molecule has 0 aliphatic carbocycles. The average Bonchev–Trinajstić information content (AvgIpc) is 2.31. The molecule has 0 aromatic carbocycles. The van der Waals surface area contributed by atoms with Gasteiger partial charge in [-0.1, -0.05) is 0 Å². The van der Waals surface area contributed by atoms with Crippen molar-refractivity contribution >= 4 is 11.6 Å². The van der Waals surface area contributed by atoms with E-state index in [9.17, 15) is 4.79 Å². The molecule has 1 aromatic rings. The van der Waals surface area contributed by atoms with E-state index in [4.69, 9.17) is 10.5 Å². The van der Waals surface area contributed by atoms with Gasteiger partial charge in [-0.2, -0.15) is 0 Å². The van der Waals surface area contributed by atoms with E-state index in [2.05, 4.69) is 4.98 Å². The van der Waals surface area contributed by atoms with Crippen molar-refractivity contribution in [3.8, 4) is 0 Å². The Morgan fingerprint density at radius 2 is 2.29 bits per heavy atom. The van der Waals surface area contributed by atoms with Gasteiger partial charge in [0.2, 0.25) is 5.91 Å². The van der Waals surface area contributed by atoms with Gasteiger partial charge in [-0.3, -0.25) is 9.78 Å². The monoisotopic (exact) mass is 237 g/mol. The Hall–Kier alpha value is -1.62. The predicted molar refractivity (Wildman–Crippen MR) is 66.5 cm³/mol. The van der Waals surface area contributed by atoms with Crippen molar-refractivity contribution in [2.24, 2.45) is 0 Å². The fraction of sp³-hybridized carbons (Fsp3) is 0.500. The number of carbonyl (C=O) groups is 1. The molecular weight excluding hydrogens is 218 g/mol. The van der Waals surface area contributed by atoms with E-state index in [0.717, 1.165) is 5.69 Å². The number of hydrogen-bond acceptors (Lipinski definition) is 4. The molecule has 1 aromatic heterocycles. The van der Waals surface area contributed by atoms with Gasteiger partial charge in [0.15, 0.2) is 0 Å². The van der Waals surface area contributed by atoms with Crippen molar-refractivity contribution in [3.63, 3.8) is 0 Å². The predicted octanol–water partition coefficient (Wildman–Crippen LogP) is 0.700. The highest BCUT2D eigenvalue weighted by Crippen LogP contribution is 2.05. The zero-order chi connectivity index (χ0) is 12.8. The van der Waals surface area contributed by atoms with Crippen LogP contribution in [0.15, 0.2) is 18.3 Å². The number of anilines is 1. The quantitative estimate of drug-likeness (QED) is 0.818. The maximum Gasteiger partial charge on any atom is 0.228 e. The number of carbonyl (C=O) groups excluding carboxylic acids is 1. The van der Waals surface area contributed by atoms with Crippen LogP contribution in [0.1, 0.15) is 12.6 Å². The lowest BCUT2D eigenvalue weighted by Gasteiger charge is -2.24. The number of aromatic nitrogens is 1. The Morgan fingerprint density at radius 3 is 2.82 bits per heavy atom. The number of amides is 1. The molecule has 5 heteroatoms. The average molecular weight is 237 g/mol. The van der Waals surface area contributed by atoms with Crippen molar-refractivity contribution in [2.75, 3.05) is 26.5 Å². The molecule has 0 radical (unpaired) electrons. The normalized spacial score (nSPS) is 12.2. The SMILES string of the molecule is COCC(C)N(C)C(=O)Cc1ccc(N)cn1. The molecule has 0 spiro atoms. The number of nitrogens with zero attached hydrogens (tertiary/aromatic N) is 2. The van der Waals surface area contributed by atoms with Crippen LogP contribution in [-0.2, 0) is 16.0 Å². The lowest BCUT2D eigenvalue weighted by atomic mass is 10.2. The summed E-state index contributed by atoms with van der Waals surface area (Å²) in [6, 6.07) is 3.57. The minimum atomic E-state index is 0.0202. The van der Waals surface area contributed by atoms with E-state index in [1.54, 1.807) is 37.4 Å². The summed E-state index contributed by atoms with van der Waals surface area (Å²) in [5.41, 5.74) is 6.85. The molecule has 1 amide bonds. The first-order valence-corrected chi connectivity index (χ1v) is 5.49. The van der Waals surface area contributed by atoms with E-state index < -0.39 is 0 Å². The maximum atomic E-state index is 11.9. The van der Waals surface area contributed by atoms with Gasteiger partial charge >= 0.3 is 0 Å². The first-order chi connectivity index (χ1) is 8.04. The zero-order valence-corrected chi connectivity index (χ0v) is 10.5. The first-order valence-electron chi connectivity index (χ1n) is 5.49. The molecular formula is C12H19N3O2. The topological polar surface area (TPSA) is 68.5 Å². The molecule has 1 atom stereocenters. The van der Waals surface area contributed by atoms with E-state index in [0.29, 0.717) is 12.3 Å².